The summed E-state index contributed by atoms with van der Waals surface area (Å²) in [4.78, 5) is 18.8. The normalized spacial score (nSPS) is 12.3. The number of hydrogen-bond donors (Lipinski definition) is 2. The molecule has 1 aliphatic heterocycles. The second-order valence-corrected chi connectivity index (χ2v) is 8.16. The van der Waals surface area contributed by atoms with Gasteiger partial charge in [0.1, 0.15) is 9.71 Å². The van der Waals surface area contributed by atoms with Gasteiger partial charge >= 0.3 is 0 Å². The zero-order valence-electron chi connectivity index (χ0n) is 16.5. The highest BCUT2D eigenvalue weighted by molar-refractivity contribution is 7.21. The third kappa shape index (κ3) is 3.04. The van der Waals surface area contributed by atoms with Gasteiger partial charge in [-0.25, -0.2) is 4.98 Å². The molecule has 1 aliphatic rings. The zero-order chi connectivity index (χ0) is 20.8. The van der Waals surface area contributed by atoms with Crippen LogP contribution in [0.25, 0.3) is 21.5 Å². The number of aromatic nitrogens is 1. The second-order valence-electron chi connectivity index (χ2n) is 7.16. The van der Waals surface area contributed by atoms with Crippen LogP contribution in [0.2, 0.25) is 0 Å². The number of fused-ring (bicyclic) bond motifs is 2. The number of carbonyl (C=O) groups excluding carboxylic acids is 1. The summed E-state index contributed by atoms with van der Waals surface area (Å²) in [5, 5.41) is 3.75. The van der Waals surface area contributed by atoms with E-state index >= 15 is 0 Å². The highest BCUT2D eigenvalue weighted by Crippen LogP contribution is 2.38. The Kier molecular flexibility index (Phi) is 4.33. The minimum atomic E-state index is -0.228. The van der Waals surface area contributed by atoms with Crippen LogP contribution in [0.5, 0.6) is 11.5 Å². The van der Waals surface area contributed by atoms with E-state index in [2.05, 4.69) is 5.32 Å². The Hall–Kier alpha value is -3.58. The molecule has 0 atom stereocenters. The molecule has 3 N–H and O–H groups in total. The number of nitrogens with two attached hydrogens (primary N) is 1. The highest BCUT2D eigenvalue weighted by atomic mass is 32.1. The van der Waals surface area contributed by atoms with Gasteiger partial charge in [-0.05, 0) is 61.4 Å². The summed E-state index contributed by atoms with van der Waals surface area (Å²) in [5.74, 6) is 1.20. The first-order chi connectivity index (χ1) is 14.5. The molecular weight excluding hydrogens is 398 g/mol. The van der Waals surface area contributed by atoms with Crippen molar-refractivity contribution in [1.82, 2.24) is 4.98 Å². The van der Waals surface area contributed by atoms with Crippen LogP contribution in [-0.2, 0) is 0 Å². The summed E-state index contributed by atoms with van der Waals surface area (Å²) in [6.45, 7) is 4.23. The van der Waals surface area contributed by atoms with Crippen molar-refractivity contribution in [3.63, 3.8) is 0 Å². The SMILES string of the molecule is Cc1cccc(NC(=O)c2sc3nc(-c4ccc5c(c4)OCO5)ccc3c2N)c1C. The summed E-state index contributed by atoms with van der Waals surface area (Å²) in [5.41, 5.74) is 11.4. The van der Waals surface area contributed by atoms with Crippen LogP contribution in [0.15, 0.2) is 48.5 Å². The van der Waals surface area contributed by atoms with Gasteiger partial charge in [-0.2, -0.15) is 0 Å². The van der Waals surface area contributed by atoms with Crippen molar-refractivity contribution >= 4 is 38.8 Å². The minimum Gasteiger partial charge on any atom is -0.454 e. The van der Waals surface area contributed by atoms with Crippen molar-refractivity contribution in [2.75, 3.05) is 17.8 Å². The van der Waals surface area contributed by atoms with E-state index < -0.39 is 0 Å². The van der Waals surface area contributed by atoms with Crippen LogP contribution in [0, 0.1) is 13.8 Å². The van der Waals surface area contributed by atoms with Crippen LogP contribution in [0.4, 0.5) is 11.4 Å². The van der Waals surface area contributed by atoms with E-state index in [9.17, 15) is 4.79 Å². The summed E-state index contributed by atoms with van der Waals surface area (Å²) in [6.07, 6.45) is 0. The van der Waals surface area contributed by atoms with Gasteiger partial charge in [0.15, 0.2) is 11.5 Å². The Morgan fingerprint density at radius 2 is 1.93 bits per heavy atom. The van der Waals surface area contributed by atoms with Gasteiger partial charge in [-0.1, -0.05) is 12.1 Å². The molecule has 0 saturated carbocycles. The van der Waals surface area contributed by atoms with E-state index in [1.165, 1.54) is 11.3 Å². The van der Waals surface area contributed by atoms with E-state index in [1.807, 2.05) is 62.4 Å². The fourth-order valence-electron chi connectivity index (χ4n) is 3.45. The van der Waals surface area contributed by atoms with E-state index in [1.54, 1.807) is 0 Å². The fraction of sp³-hybridized carbons (Fsp3) is 0.130. The van der Waals surface area contributed by atoms with E-state index in [0.717, 1.165) is 39.2 Å². The lowest BCUT2D eigenvalue weighted by Crippen LogP contribution is -2.13. The van der Waals surface area contributed by atoms with Crippen molar-refractivity contribution in [1.29, 1.82) is 0 Å². The average Bonchev–Trinajstić information content (AvgIpc) is 3.35. The lowest BCUT2D eigenvalue weighted by Gasteiger charge is -2.09. The maximum Gasteiger partial charge on any atom is 0.267 e. The molecule has 0 bridgehead atoms. The molecule has 7 heteroatoms. The van der Waals surface area contributed by atoms with Crippen LogP contribution >= 0.6 is 11.3 Å². The van der Waals surface area contributed by atoms with Crippen LogP contribution < -0.4 is 20.5 Å². The topological polar surface area (TPSA) is 86.5 Å². The first-order valence-electron chi connectivity index (χ1n) is 9.48. The van der Waals surface area contributed by atoms with Gasteiger partial charge in [0.25, 0.3) is 5.91 Å². The summed E-state index contributed by atoms with van der Waals surface area (Å²) in [6, 6.07) is 15.3. The number of hydrogen-bond acceptors (Lipinski definition) is 6. The van der Waals surface area contributed by atoms with Gasteiger partial charge in [-0.15, -0.1) is 11.3 Å². The number of nitrogens with zero attached hydrogens (tertiary/aromatic N) is 1. The standard InChI is InChI=1S/C23H19N3O3S/c1-12-4-3-5-16(13(12)2)25-22(27)21-20(24)15-7-8-17(26-23(15)30-21)14-6-9-18-19(10-14)29-11-28-18/h3-10H,11,24H2,1-2H3,(H,25,27). The highest BCUT2D eigenvalue weighted by Gasteiger charge is 2.20. The van der Waals surface area contributed by atoms with Gasteiger partial charge in [0, 0.05) is 16.6 Å². The molecular formula is C23H19N3O3S. The fourth-order valence-corrected chi connectivity index (χ4v) is 4.44. The molecule has 2 aromatic carbocycles. The predicted octanol–water partition coefficient (Wildman–Crippen LogP) is 5.14. The molecule has 6 nitrogen and oxygen atoms in total. The summed E-state index contributed by atoms with van der Waals surface area (Å²) >= 11 is 1.29. The molecule has 2 aromatic heterocycles. The molecule has 5 rings (SSSR count). The number of pyridine rings is 1. The number of rotatable bonds is 3. The van der Waals surface area contributed by atoms with Gasteiger partial charge in [-0.3, -0.25) is 4.79 Å². The first kappa shape index (κ1) is 18.4. The van der Waals surface area contributed by atoms with Crippen molar-refractivity contribution < 1.29 is 14.3 Å². The molecule has 150 valence electrons. The summed E-state index contributed by atoms with van der Waals surface area (Å²) < 4.78 is 10.8. The Morgan fingerprint density at radius 3 is 2.80 bits per heavy atom. The minimum absolute atomic E-state index is 0.228. The number of nitrogen functional groups attached to an aromatic ring is 1. The van der Waals surface area contributed by atoms with Crippen LogP contribution in [0.3, 0.4) is 0 Å². The number of amides is 1. The van der Waals surface area contributed by atoms with Crippen molar-refractivity contribution in [2.24, 2.45) is 0 Å². The first-order valence-corrected chi connectivity index (χ1v) is 10.3. The molecule has 0 aliphatic carbocycles. The predicted molar refractivity (Wildman–Crippen MR) is 119 cm³/mol. The quantitative estimate of drug-likeness (QED) is 0.482. The molecule has 3 heterocycles. The van der Waals surface area contributed by atoms with Crippen LogP contribution in [-0.4, -0.2) is 17.7 Å². The van der Waals surface area contributed by atoms with Crippen molar-refractivity contribution in [2.45, 2.75) is 13.8 Å². The Labute approximate surface area is 177 Å². The molecule has 4 aromatic rings. The number of nitrogens with one attached hydrogen (secondary N) is 1. The Balaban J connectivity index is 1.49. The lowest BCUT2D eigenvalue weighted by molar-refractivity contribution is 0.103. The maximum atomic E-state index is 12.9. The average molecular weight is 417 g/mol. The lowest BCUT2D eigenvalue weighted by atomic mass is 10.1. The van der Waals surface area contributed by atoms with E-state index in [0.29, 0.717) is 21.1 Å². The third-order valence-electron chi connectivity index (χ3n) is 5.32. The molecule has 30 heavy (non-hydrogen) atoms. The number of aryl methyl sites for hydroxylation is 1. The third-order valence-corrected chi connectivity index (χ3v) is 6.44. The molecule has 0 unspecified atom stereocenters. The number of thiophene rings is 1. The molecule has 0 saturated heterocycles. The van der Waals surface area contributed by atoms with Crippen LogP contribution in [0.1, 0.15) is 20.8 Å². The number of anilines is 2. The summed E-state index contributed by atoms with van der Waals surface area (Å²) in [7, 11) is 0. The number of benzene rings is 2. The maximum absolute atomic E-state index is 12.9. The smallest absolute Gasteiger partial charge is 0.267 e. The van der Waals surface area contributed by atoms with E-state index in [4.69, 9.17) is 20.2 Å². The molecule has 1 amide bonds. The van der Waals surface area contributed by atoms with E-state index in [-0.39, 0.29) is 12.7 Å². The van der Waals surface area contributed by atoms with Gasteiger partial charge in [0.2, 0.25) is 6.79 Å². The molecule has 0 fully saturated rings. The number of ether oxygens (including phenoxy) is 2. The zero-order valence-corrected chi connectivity index (χ0v) is 17.3. The number of carbonyl (C=O) groups is 1. The molecule has 0 spiro atoms. The van der Waals surface area contributed by atoms with Gasteiger partial charge < -0.3 is 20.5 Å². The van der Waals surface area contributed by atoms with Crippen molar-refractivity contribution in [3.05, 3.63) is 64.5 Å². The Morgan fingerprint density at radius 1 is 1.10 bits per heavy atom. The van der Waals surface area contributed by atoms with Crippen molar-refractivity contribution in [3.8, 4) is 22.8 Å². The van der Waals surface area contributed by atoms with Gasteiger partial charge in [0.05, 0.1) is 11.4 Å². The monoisotopic (exact) mass is 417 g/mol. The Bertz CT molecular complexity index is 1310. The second kappa shape index (κ2) is 7.03. The largest absolute Gasteiger partial charge is 0.454 e. The molecule has 0 radical (unpaired) electrons.